The third-order valence-corrected chi connectivity index (χ3v) is 6.33. The number of fused-ring (bicyclic) bond motifs is 1. The number of benzodiazepines with no additional fused rings is 1. The summed E-state index contributed by atoms with van der Waals surface area (Å²) in [4.78, 5) is 19.7. The average Bonchev–Trinajstić information content (AvgIpc) is 2.94. The molecule has 1 unspecified atom stereocenters. The summed E-state index contributed by atoms with van der Waals surface area (Å²) in [5.74, 6) is 0.511. The highest BCUT2D eigenvalue weighted by Crippen LogP contribution is 2.31. The van der Waals surface area contributed by atoms with Crippen molar-refractivity contribution in [1.29, 1.82) is 0 Å². The van der Waals surface area contributed by atoms with Gasteiger partial charge in [0.25, 0.3) is 5.91 Å². The highest BCUT2D eigenvalue weighted by molar-refractivity contribution is 7.80. The van der Waals surface area contributed by atoms with Crippen LogP contribution in [0.4, 0.5) is 5.69 Å². The molecular formula is C26H24Cl2N4O2S. The summed E-state index contributed by atoms with van der Waals surface area (Å²) >= 11 is 18.3. The fourth-order valence-electron chi connectivity index (χ4n) is 3.81. The number of ether oxygens (including phenoxy) is 1. The van der Waals surface area contributed by atoms with Gasteiger partial charge in [-0.1, -0.05) is 59.6 Å². The van der Waals surface area contributed by atoms with Gasteiger partial charge >= 0.3 is 0 Å². The Morgan fingerprint density at radius 2 is 1.83 bits per heavy atom. The monoisotopic (exact) mass is 526 g/mol. The van der Waals surface area contributed by atoms with Gasteiger partial charge < -0.3 is 20.3 Å². The van der Waals surface area contributed by atoms with E-state index in [0.717, 1.165) is 11.3 Å². The Kier molecular flexibility index (Phi) is 7.90. The van der Waals surface area contributed by atoms with Gasteiger partial charge in [-0.25, -0.2) is 4.99 Å². The van der Waals surface area contributed by atoms with E-state index >= 15 is 0 Å². The van der Waals surface area contributed by atoms with Gasteiger partial charge in [-0.15, -0.1) is 0 Å². The van der Waals surface area contributed by atoms with Crippen LogP contribution in [0, 0.1) is 0 Å². The van der Waals surface area contributed by atoms with E-state index in [4.69, 9.17) is 45.1 Å². The molecule has 0 fully saturated rings. The predicted molar refractivity (Wildman–Crippen MR) is 146 cm³/mol. The van der Waals surface area contributed by atoms with Crippen LogP contribution in [0.1, 0.15) is 23.6 Å². The number of hydrogen-bond acceptors (Lipinski definition) is 4. The minimum absolute atomic E-state index is 0.269. The van der Waals surface area contributed by atoms with Crippen molar-refractivity contribution in [2.75, 3.05) is 18.6 Å². The summed E-state index contributed by atoms with van der Waals surface area (Å²) < 4.78 is 5.68. The Labute approximate surface area is 219 Å². The molecule has 3 aromatic carbocycles. The number of nitrogens with zero attached hydrogens (tertiary/aromatic N) is 2. The molecule has 4 rings (SSSR count). The molecule has 3 aromatic rings. The van der Waals surface area contributed by atoms with Gasteiger partial charge in [0.2, 0.25) is 6.17 Å². The second-order valence-electron chi connectivity index (χ2n) is 7.79. The number of halogens is 2. The van der Waals surface area contributed by atoms with E-state index in [-0.39, 0.29) is 11.0 Å². The minimum Gasteiger partial charge on any atom is -0.494 e. The molecule has 0 radical (unpaired) electrons. The Morgan fingerprint density at radius 1 is 1.09 bits per heavy atom. The third kappa shape index (κ3) is 5.59. The number of anilines is 1. The number of hydrogen-bond donors (Lipinski definition) is 2. The first-order valence-corrected chi connectivity index (χ1v) is 12.2. The van der Waals surface area contributed by atoms with E-state index in [1.165, 1.54) is 0 Å². The van der Waals surface area contributed by atoms with Crippen molar-refractivity contribution in [3.05, 3.63) is 93.5 Å². The summed E-state index contributed by atoms with van der Waals surface area (Å²) in [5, 5.41) is 7.53. The molecule has 0 saturated carbocycles. The van der Waals surface area contributed by atoms with Gasteiger partial charge in [0.15, 0.2) is 5.11 Å². The maximum absolute atomic E-state index is 13.4. The molecule has 6 nitrogen and oxygen atoms in total. The van der Waals surface area contributed by atoms with Gasteiger partial charge in [-0.05, 0) is 49.5 Å². The quantitative estimate of drug-likeness (QED) is 0.432. The van der Waals surface area contributed by atoms with Crippen molar-refractivity contribution >= 4 is 57.8 Å². The molecule has 0 aliphatic carbocycles. The lowest BCUT2D eigenvalue weighted by Gasteiger charge is -2.22. The zero-order chi connectivity index (χ0) is 24.9. The number of rotatable bonds is 6. The van der Waals surface area contributed by atoms with Crippen LogP contribution < -0.4 is 20.3 Å². The van der Waals surface area contributed by atoms with Gasteiger partial charge in [-0.2, -0.15) is 0 Å². The van der Waals surface area contributed by atoms with Crippen molar-refractivity contribution in [2.45, 2.75) is 19.6 Å². The molecular weight excluding hydrogens is 503 g/mol. The smallest absolute Gasteiger partial charge is 0.272 e. The normalized spacial score (nSPS) is 15.1. The van der Waals surface area contributed by atoms with E-state index in [1.807, 2.05) is 49.4 Å². The molecule has 2 N–H and O–H groups in total. The van der Waals surface area contributed by atoms with Crippen LogP contribution in [-0.2, 0) is 11.3 Å². The van der Waals surface area contributed by atoms with Crippen LogP contribution in [0.15, 0.2) is 71.7 Å². The Hall–Kier alpha value is -3.13. The van der Waals surface area contributed by atoms with Crippen LogP contribution in [0.2, 0.25) is 10.0 Å². The van der Waals surface area contributed by atoms with E-state index in [0.29, 0.717) is 45.7 Å². The number of para-hydroxylation sites is 1. The van der Waals surface area contributed by atoms with Crippen molar-refractivity contribution in [2.24, 2.45) is 4.99 Å². The third-order valence-electron chi connectivity index (χ3n) is 5.51. The number of carbonyl (C=O) groups excluding carboxylic acids is 1. The lowest BCUT2D eigenvalue weighted by atomic mass is 10.00. The van der Waals surface area contributed by atoms with Crippen molar-refractivity contribution in [3.63, 3.8) is 0 Å². The number of nitrogens with one attached hydrogen (secondary N) is 2. The summed E-state index contributed by atoms with van der Waals surface area (Å²) in [5.41, 5.74) is 3.57. The zero-order valence-electron chi connectivity index (χ0n) is 19.2. The zero-order valence-corrected chi connectivity index (χ0v) is 21.5. The van der Waals surface area contributed by atoms with Crippen molar-refractivity contribution in [1.82, 2.24) is 10.6 Å². The predicted octanol–water partition coefficient (Wildman–Crippen LogP) is 5.20. The largest absolute Gasteiger partial charge is 0.494 e. The summed E-state index contributed by atoms with van der Waals surface area (Å²) in [6.07, 6.45) is -0.973. The van der Waals surface area contributed by atoms with Gasteiger partial charge in [0, 0.05) is 40.3 Å². The molecule has 9 heteroatoms. The van der Waals surface area contributed by atoms with Gasteiger partial charge in [-0.3, -0.25) is 4.79 Å². The number of carbonyl (C=O) groups is 1. The Morgan fingerprint density at radius 3 is 2.60 bits per heavy atom. The SMILES string of the molecule is CCOc1ccccc1CNC(=S)NC1N=C(c2ccccc2Cl)c2cc(Cl)ccc2N(C)C1=O. The summed E-state index contributed by atoms with van der Waals surface area (Å²) in [6.45, 7) is 2.92. The van der Waals surface area contributed by atoms with E-state index in [2.05, 4.69) is 10.6 Å². The molecule has 1 aliphatic heterocycles. The minimum atomic E-state index is -0.973. The first kappa shape index (κ1) is 25.0. The molecule has 0 bridgehead atoms. The fourth-order valence-corrected chi connectivity index (χ4v) is 4.39. The Balaban J connectivity index is 1.64. The molecule has 0 saturated heterocycles. The lowest BCUT2D eigenvalue weighted by molar-refractivity contribution is -0.119. The lowest BCUT2D eigenvalue weighted by Crippen LogP contribution is -2.49. The second kappa shape index (κ2) is 11.1. The maximum Gasteiger partial charge on any atom is 0.272 e. The van der Waals surface area contributed by atoms with E-state index in [9.17, 15) is 4.79 Å². The number of thiocarbonyl (C=S) groups is 1. The Bertz CT molecular complexity index is 1300. The number of aliphatic imine (C=N–C) groups is 1. The van der Waals surface area contributed by atoms with Crippen LogP contribution in [-0.4, -0.2) is 36.6 Å². The van der Waals surface area contributed by atoms with Crippen molar-refractivity contribution in [3.8, 4) is 5.75 Å². The second-order valence-corrected chi connectivity index (χ2v) is 9.04. The number of amides is 1. The molecule has 0 spiro atoms. The van der Waals surface area contributed by atoms with E-state index in [1.54, 1.807) is 36.2 Å². The van der Waals surface area contributed by atoms with Gasteiger partial charge in [0.1, 0.15) is 5.75 Å². The maximum atomic E-state index is 13.4. The molecule has 1 amide bonds. The number of likely N-dealkylation sites (N-methyl/N-ethyl adjacent to an activating group) is 1. The van der Waals surface area contributed by atoms with Crippen molar-refractivity contribution < 1.29 is 9.53 Å². The fraction of sp³-hybridized carbons (Fsp3) is 0.192. The van der Waals surface area contributed by atoms with Crippen LogP contribution in [0.25, 0.3) is 0 Å². The topological polar surface area (TPSA) is 66.0 Å². The molecule has 1 atom stereocenters. The molecule has 1 heterocycles. The molecule has 0 aromatic heterocycles. The van der Waals surface area contributed by atoms with Crippen LogP contribution in [0.5, 0.6) is 5.75 Å². The first-order valence-electron chi connectivity index (χ1n) is 11.0. The average molecular weight is 527 g/mol. The van der Waals surface area contributed by atoms with E-state index < -0.39 is 6.17 Å². The summed E-state index contributed by atoms with van der Waals surface area (Å²) in [6, 6.07) is 20.4. The van der Waals surface area contributed by atoms with Crippen LogP contribution in [0.3, 0.4) is 0 Å². The van der Waals surface area contributed by atoms with Crippen LogP contribution >= 0.6 is 35.4 Å². The number of benzene rings is 3. The highest BCUT2D eigenvalue weighted by Gasteiger charge is 2.31. The van der Waals surface area contributed by atoms with Gasteiger partial charge in [0.05, 0.1) is 18.0 Å². The first-order chi connectivity index (χ1) is 16.9. The molecule has 35 heavy (non-hydrogen) atoms. The summed E-state index contributed by atoms with van der Waals surface area (Å²) in [7, 11) is 1.70. The molecule has 1 aliphatic rings. The molecule has 180 valence electrons. The highest BCUT2D eigenvalue weighted by atomic mass is 35.5. The standard InChI is InChI=1S/C26H24Cl2N4O2S/c1-3-34-22-11-7-4-8-16(22)15-29-26(35)31-24-25(33)32(2)21-13-12-17(27)14-19(21)23(30-24)18-9-5-6-10-20(18)28/h4-14,24H,3,15H2,1-2H3,(H2,29,31,35).